The number of methoxy groups -OCH3 is 1. The van der Waals surface area contributed by atoms with Gasteiger partial charge in [0.1, 0.15) is 23.5 Å². The fraction of sp³-hybridized carbons (Fsp3) is 0.208. The number of carbonyl (C=O) groups excluding carboxylic acids is 1. The van der Waals surface area contributed by atoms with Gasteiger partial charge < -0.3 is 14.4 Å². The fourth-order valence-corrected chi connectivity index (χ4v) is 4.49. The zero-order valence-corrected chi connectivity index (χ0v) is 17.1. The Labute approximate surface area is 175 Å². The minimum absolute atomic E-state index is 0.0211. The van der Waals surface area contributed by atoms with Crippen LogP contribution in [0.3, 0.4) is 0 Å². The second-order valence-corrected chi connectivity index (χ2v) is 7.94. The molecule has 1 fully saturated rings. The first kappa shape index (κ1) is 19.4. The smallest absolute Gasteiger partial charge is 0.234 e. The van der Waals surface area contributed by atoms with E-state index in [-0.39, 0.29) is 11.3 Å². The van der Waals surface area contributed by atoms with Crippen LogP contribution in [-0.4, -0.2) is 23.7 Å². The van der Waals surface area contributed by atoms with Gasteiger partial charge in [0, 0.05) is 6.54 Å². The van der Waals surface area contributed by atoms with Crippen LogP contribution in [0.4, 0.5) is 0 Å². The van der Waals surface area contributed by atoms with E-state index in [1.54, 1.807) is 18.9 Å². The number of amides is 1. The summed E-state index contributed by atoms with van der Waals surface area (Å²) >= 11 is 1.67. The highest BCUT2D eigenvalue weighted by Gasteiger charge is 2.32. The summed E-state index contributed by atoms with van der Waals surface area (Å²) in [5, 5.41) is 0.0211. The summed E-state index contributed by atoms with van der Waals surface area (Å²) in [7, 11) is 1.65. The predicted molar refractivity (Wildman–Crippen MR) is 116 cm³/mol. The van der Waals surface area contributed by atoms with Gasteiger partial charge in [-0.2, -0.15) is 0 Å². The van der Waals surface area contributed by atoms with Gasteiger partial charge in [-0.25, -0.2) is 0 Å². The molecule has 0 saturated carbocycles. The minimum Gasteiger partial charge on any atom is -0.497 e. The number of hydrogen-bond acceptors (Lipinski definition) is 4. The Bertz CT molecular complexity index is 942. The molecule has 0 spiro atoms. The first-order chi connectivity index (χ1) is 14.2. The Morgan fingerprint density at radius 2 is 1.59 bits per heavy atom. The van der Waals surface area contributed by atoms with E-state index < -0.39 is 0 Å². The lowest BCUT2D eigenvalue weighted by atomic mass is 10.1. The van der Waals surface area contributed by atoms with Crippen molar-refractivity contribution in [3.05, 3.63) is 95.6 Å². The van der Waals surface area contributed by atoms with Crippen LogP contribution in [0.5, 0.6) is 11.5 Å². The molecule has 0 N–H and O–H groups in total. The lowest BCUT2D eigenvalue weighted by molar-refractivity contribution is -0.128. The highest BCUT2D eigenvalue weighted by Crippen LogP contribution is 2.40. The third-order valence-corrected chi connectivity index (χ3v) is 6.15. The van der Waals surface area contributed by atoms with Crippen molar-refractivity contribution in [3.8, 4) is 11.5 Å². The summed E-state index contributed by atoms with van der Waals surface area (Å²) in [6.45, 7) is 1.13. The molecular formula is C24H23NO3S. The van der Waals surface area contributed by atoms with Gasteiger partial charge in [-0.1, -0.05) is 54.6 Å². The number of nitrogens with zero attached hydrogens (tertiary/aromatic N) is 1. The second kappa shape index (κ2) is 9.05. The molecule has 4 nitrogen and oxygen atoms in total. The summed E-state index contributed by atoms with van der Waals surface area (Å²) in [6, 6.07) is 26.0. The average Bonchev–Trinajstić information content (AvgIpc) is 3.14. The van der Waals surface area contributed by atoms with Crippen LogP contribution in [0, 0.1) is 0 Å². The summed E-state index contributed by atoms with van der Waals surface area (Å²) in [5.74, 6) is 2.32. The summed E-state index contributed by atoms with van der Waals surface area (Å²) in [6.07, 6.45) is 0. The summed E-state index contributed by atoms with van der Waals surface area (Å²) in [5.41, 5.74) is 3.34. The SMILES string of the molecule is COc1ccc(CN2C(=O)CSC2c2ccc(OCc3ccccc3)cc2)cc1. The molecular weight excluding hydrogens is 382 g/mol. The van der Waals surface area contributed by atoms with Gasteiger partial charge in [-0.05, 0) is 41.0 Å². The Balaban J connectivity index is 1.42. The van der Waals surface area contributed by atoms with Crippen molar-refractivity contribution < 1.29 is 14.3 Å². The number of ether oxygens (including phenoxy) is 2. The van der Waals surface area contributed by atoms with Gasteiger partial charge in [-0.15, -0.1) is 11.8 Å². The molecule has 5 heteroatoms. The number of hydrogen-bond donors (Lipinski definition) is 0. The first-order valence-electron chi connectivity index (χ1n) is 9.53. The number of benzene rings is 3. The minimum atomic E-state index is 0.0211. The first-order valence-corrected chi connectivity index (χ1v) is 10.6. The molecule has 1 unspecified atom stereocenters. The summed E-state index contributed by atoms with van der Waals surface area (Å²) < 4.78 is 11.1. The number of rotatable bonds is 7. The molecule has 0 aromatic heterocycles. The predicted octanol–water partition coefficient (Wildman–Crippen LogP) is 5.05. The molecule has 3 aromatic rings. The second-order valence-electron chi connectivity index (χ2n) is 6.88. The van der Waals surface area contributed by atoms with Crippen molar-refractivity contribution in [2.75, 3.05) is 12.9 Å². The molecule has 1 heterocycles. The normalized spacial score (nSPS) is 16.1. The lowest BCUT2D eigenvalue weighted by Gasteiger charge is -2.24. The van der Waals surface area contributed by atoms with Crippen molar-refractivity contribution >= 4 is 17.7 Å². The van der Waals surface area contributed by atoms with Crippen LogP contribution in [0.2, 0.25) is 0 Å². The van der Waals surface area contributed by atoms with Crippen LogP contribution in [0.25, 0.3) is 0 Å². The van der Waals surface area contributed by atoms with Gasteiger partial charge >= 0.3 is 0 Å². The molecule has 1 amide bonds. The molecule has 3 aromatic carbocycles. The van der Waals surface area contributed by atoms with E-state index in [9.17, 15) is 4.79 Å². The maximum atomic E-state index is 12.5. The molecule has 0 aliphatic carbocycles. The molecule has 1 saturated heterocycles. The number of carbonyl (C=O) groups is 1. The lowest BCUT2D eigenvalue weighted by Crippen LogP contribution is -2.27. The molecule has 148 valence electrons. The molecule has 0 radical (unpaired) electrons. The molecule has 1 aliphatic heterocycles. The van der Waals surface area contributed by atoms with Crippen molar-refractivity contribution in [1.82, 2.24) is 4.90 Å². The standard InChI is InChI=1S/C24H23NO3S/c1-27-21-11-7-18(8-12-21)15-25-23(26)17-29-24(25)20-9-13-22(14-10-20)28-16-19-5-3-2-4-6-19/h2-14,24H,15-17H2,1H3. The van der Waals surface area contributed by atoms with Crippen LogP contribution in [-0.2, 0) is 17.9 Å². The Hall–Kier alpha value is -2.92. The fourth-order valence-electron chi connectivity index (χ4n) is 3.30. The molecule has 1 atom stereocenters. The van der Waals surface area contributed by atoms with Crippen LogP contribution in [0.1, 0.15) is 22.1 Å². The van der Waals surface area contributed by atoms with E-state index in [0.717, 1.165) is 28.2 Å². The Morgan fingerprint density at radius 1 is 0.897 bits per heavy atom. The van der Waals surface area contributed by atoms with E-state index >= 15 is 0 Å². The Morgan fingerprint density at radius 3 is 2.28 bits per heavy atom. The highest BCUT2D eigenvalue weighted by molar-refractivity contribution is 8.00. The zero-order chi connectivity index (χ0) is 20.1. The molecule has 1 aliphatic rings. The van der Waals surface area contributed by atoms with Gasteiger partial charge in [0.2, 0.25) is 5.91 Å². The van der Waals surface area contributed by atoms with Crippen molar-refractivity contribution in [3.63, 3.8) is 0 Å². The van der Waals surface area contributed by atoms with Gasteiger partial charge in [0.05, 0.1) is 12.9 Å². The van der Waals surface area contributed by atoms with Gasteiger partial charge in [0.25, 0.3) is 0 Å². The molecule has 4 rings (SSSR count). The van der Waals surface area contributed by atoms with E-state index in [0.29, 0.717) is 18.9 Å². The molecule has 0 bridgehead atoms. The van der Waals surface area contributed by atoms with Crippen LogP contribution in [0.15, 0.2) is 78.9 Å². The zero-order valence-electron chi connectivity index (χ0n) is 16.3. The van der Waals surface area contributed by atoms with Crippen LogP contribution < -0.4 is 9.47 Å². The van der Waals surface area contributed by atoms with Crippen molar-refractivity contribution in [1.29, 1.82) is 0 Å². The third-order valence-electron chi connectivity index (χ3n) is 4.89. The largest absolute Gasteiger partial charge is 0.497 e. The molecule has 29 heavy (non-hydrogen) atoms. The van der Waals surface area contributed by atoms with E-state index in [4.69, 9.17) is 9.47 Å². The third kappa shape index (κ3) is 4.74. The van der Waals surface area contributed by atoms with Crippen molar-refractivity contribution in [2.24, 2.45) is 0 Å². The number of thioether (sulfide) groups is 1. The van der Waals surface area contributed by atoms with Crippen molar-refractivity contribution in [2.45, 2.75) is 18.5 Å². The van der Waals surface area contributed by atoms with E-state index in [1.165, 1.54) is 0 Å². The topological polar surface area (TPSA) is 38.8 Å². The average molecular weight is 406 g/mol. The van der Waals surface area contributed by atoms with Gasteiger partial charge in [0.15, 0.2) is 0 Å². The van der Waals surface area contributed by atoms with E-state index in [1.807, 2.05) is 71.6 Å². The highest BCUT2D eigenvalue weighted by atomic mass is 32.2. The maximum absolute atomic E-state index is 12.5. The maximum Gasteiger partial charge on any atom is 0.234 e. The summed E-state index contributed by atoms with van der Waals surface area (Å²) in [4.78, 5) is 14.4. The van der Waals surface area contributed by atoms with E-state index in [2.05, 4.69) is 12.1 Å². The monoisotopic (exact) mass is 405 g/mol. The van der Waals surface area contributed by atoms with Crippen LogP contribution >= 0.6 is 11.8 Å². The quantitative estimate of drug-likeness (QED) is 0.551. The van der Waals surface area contributed by atoms with Gasteiger partial charge in [-0.3, -0.25) is 4.79 Å². The Kier molecular flexibility index (Phi) is 6.06.